The maximum atomic E-state index is 13.7. The Morgan fingerprint density at radius 1 is 0.917 bits per heavy atom. The van der Waals surface area contributed by atoms with Crippen LogP contribution in [-0.2, 0) is 25.5 Å². The van der Waals surface area contributed by atoms with E-state index in [1.54, 1.807) is 12.1 Å². The zero-order valence-corrected chi connectivity index (χ0v) is 20.4. The fraction of sp³-hybridized carbons (Fsp3) is 0.400. The summed E-state index contributed by atoms with van der Waals surface area (Å²) in [6, 6.07) is 13.6. The number of carbonyl (C=O) groups excluding carboxylic acids is 4. The van der Waals surface area contributed by atoms with Crippen molar-refractivity contribution in [1.29, 1.82) is 0 Å². The molecule has 7 rings (SSSR count). The minimum absolute atomic E-state index is 0.0752. The van der Waals surface area contributed by atoms with Crippen LogP contribution in [0, 0.1) is 49.4 Å². The summed E-state index contributed by atoms with van der Waals surface area (Å²) in [6.07, 6.45) is 5.46. The Morgan fingerprint density at radius 3 is 2.17 bits per heavy atom. The molecule has 0 N–H and O–H groups in total. The number of imide groups is 1. The zero-order chi connectivity index (χ0) is 25.1. The fourth-order valence-electron chi connectivity index (χ4n) is 6.64. The number of hydrogen-bond donors (Lipinski definition) is 0. The molecule has 0 spiro atoms. The molecule has 2 amide bonds. The number of hydrogen-bond acceptors (Lipinski definition) is 5. The first-order chi connectivity index (χ1) is 17.3. The highest BCUT2D eigenvalue weighted by atomic mass is 16.5. The molecule has 36 heavy (non-hydrogen) atoms. The molecular weight excluding hydrogens is 454 g/mol. The molecule has 184 valence electrons. The summed E-state index contributed by atoms with van der Waals surface area (Å²) in [5, 5.41) is 0. The summed E-state index contributed by atoms with van der Waals surface area (Å²) < 4.78 is 5.47. The number of nitrogens with zero attached hydrogens (tertiary/aromatic N) is 1. The van der Waals surface area contributed by atoms with Gasteiger partial charge in [0.1, 0.15) is 6.04 Å². The van der Waals surface area contributed by atoms with Crippen LogP contribution in [0.5, 0.6) is 0 Å². The Bertz CT molecular complexity index is 1260. The van der Waals surface area contributed by atoms with Gasteiger partial charge in [0.2, 0.25) is 11.8 Å². The van der Waals surface area contributed by atoms with E-state index < -0.39 is 18.6 Å². The monoisotopic (exact) mass is 483 g/mol. The standard InChI is InChI=1S/C30H29NO5/c1-16-8-9-19(12-17(16)2)25(32)15-36-30(35)24(13-18-6-4-3-5-7-18)31-28(33)26-20-10-11-21(23-14-22(20)23)27(26)29(31)34/h3-12,20-24,26-27H,13-15H2,1-2H3/t20-,21-,22-,23-,24-,26-,27+/m0/s1. The fourth-order valence-corrected chi connectivity index (χ4v) is 6.64. The number of allylic oxidation sites excluding steroid dienone is 2. The average Bonchev–Trinajstić information content (AvgIpc) is 3.67. The molecule has 6 heteroatoms. The van der Waals surface area contributed by atoms with Crippen molar-refractivity contribution in [3.05, 3.63) is 82.9 Å². The molecule has 6 nitrogen and oxygen atoms in total. The Morgan fingerprint density at radius 2 is 1.56 bits per heavy atom. The van der Waals surface area contributed by atoms with Crippen molar-refractivity contribution in [1.82, 2.24) is 4.90 Å². The highest BCUT2D eigenvalue weighted by Gasteiger charge is 2.68. The molecule has 0 aromatic heterocycles. The van der Waals surface area contributed by atoms with Crippen LogP contribution >= 0.6 is 0 Å². The lowest BCUT2D eigenvalue weighted by molar-refractivity contribution is -0.158. The number of rotatable bonds is 7. The van der Waals surface area contributed by atoms with Gasteiger partial charge in [-0.25, -0.2) is 4.79 Å². The Labute approximate surface area is 210 Å². The van der Waals surface area contributed by atoms with Crippen molar-refractivity contribution < 1.29 is 23.9 Å². The number of benzene rings is 2. The first-order valence-corrected chi connectivity index (χ1v) is 12.7. The molecule has 2 aromatic carbocycles. The predicted molar refractivity (Wildman–Crippen MR) is 132 cm³/mol. The smallest absolute Gasteiger partial charge is 0.330 e. The van der Waals surface area contributed by atoms with Crippen LogP contribution < -0.4 is 0 Å². The van der Waals surface area contributed by atoms with E-state index in [-0.39, 0.29) is 47.7 Å². The number of amides is 2. The van der Waals surface area contributed by atoms with Crippen LogP contribution in [0.1, 0.15) is 33.5 Å². The van der Waals surface area contributed by atoms with Gasteiger partial charge in [-0.15, -0.1) is 0 Å². The number of ketones is 1. The van der Waals surface area contributed by atoms with E-state index in [1.165, 1.54) is 4.90 Å². The SMILES string of the molecule is Cc1ccc(C(=O)COC(=O)[C@H](Cc2ccccc2)N2C(=O)[C@@H]3[C@H]4C=C[C@@H]([C@@H]5C[C@@H]45)[C@@H]3C2=O)cc1C. The molecule has 3 fully saturated rings. The van der Waals surface area contributed by atoms with Gasteiger partial charge in [0.05, 0.1) is 11.8 Å². The zero-order valence-electron chi connectivity index (χ0n) is 20.4. The summed E-state index contributed by atoms with van der Waals surface area (Å²) in [5.41, 5.74) is 3.33. The van der Waals surface area contributed by atoms with Crippen molar-refractivity contribution in [3.63, 3.8) is 0 Å². The molecule has 0 radical (unpaired) electrons. The van der Waals surface area contributed by atoms with Gasteiger partial charge in [0, 0.05) is 12.0 Å². The van der Waals surface area contributed by atoms with Gasteiger partial charge in [0.25, 0.3) is 0 Å². The number of aryl methyl sites for hydroxylation is 2. The molecule has 0 unspecified atom stereocenters. The minimum atomic E-state index is -1.10. The third-order valence-electron chi connectivity index (χ3n) is 8.73. The van der Waals surface area contributed by atoms with Crippen molar-refractivity contribution in [3.8, 4) is 0 Å². The molecule has 7 atom stereocenters. The van der Waals surface area contributed by atoms with Crippen LogP contribution in [0.25, 0.3) is 0 Å². The van der Waals surface area contributed by atoms with Crippen LogP contribution in [-0.4, -0.2) is 41.1 Å². The molecule has 2 aromatic rings. The second kappa shape index (κ2) is 8.54. The minimum Gasteiger partial charge on any atom is -0.456 e. The Hall–Kier alpha value is -3.54. The van der Waals surface area contributed by atoms with E-state index in [9.17, 15) is 19.2 Å². The van der Waals surface area contributed by atoms with Gasteiger partial charge in [0.15, 0.2) is 12.4 Å². The number of ether oxygens (including phenoxy) is 1. The Kier molecular flexibility index (Phi) is 5.43. The normalized spacial score (nSPS) is 30.1. The van der Waals surface area contributed by atoms with Gasteiger partial charge < -0.3 is 4.74 Å². The highest BCUT2D eigenvalue weighted by molar-refractivity contribution is 6.09. The average molecular weight is 484 g/mol. The second-order valence-corrected chi connectivity index (χ2v) is 10.7. The van der Waals surface area contributed by atoms with E-state index in [2.05, 4.69) is 12.2 Å². The highest BCUT2D eigenvalue weighted by Crippen LogP contribution is 2.65. The quantitative estimate of drug-likeness (QED) is 0.260. The predicted octanol–water partition coefficient (Wildman–Crippen LogP) is 3.69. The summed E-state index contributed by atoms with van der Waals surface area (Å²) in [7, 11) is 0. The maximum Gasteiger partial charge on any atom is 0.330 e. The van der Waals surface area contributed by atoms with Crippen molar-refractivity contribution >= 4 is 23.6 Å². The molecule has 2 saturated carbocycles. The van der Waals surface area contributed by atoms with Gasteiger partial charge in [-0.1, -0.05) is 54.6 Å². The number of likely N-dealkylation sites (tertiary alicyclic amines) is 1. The largest absolute Gasteiger partial charge is 0.456 e. The molecule has 2 bridgehead atoms. The molecule has 1 heterocycles. The maximum absolute atomic E-state index is 13.7. The number of esters is 1. The van der Waals surface area contributed by atoms with E-state index in [0.29, 0.717) is 17.4 Å². The van der Waals surface area contributed by atoms with E-state index in [4.69, 9.17) is 4.74 Å². The van der Waals surface area contributed by atoms with Crippen LogP contribution in [0.3, 0.4) is 0 Å². The summed E-state index contributed by atoms with van der Waals surface area (Å²) >= 11 is 0. The Balaban J connectivity index is 1.24. The van der Waals surface area contributed by atoms with Gasteiger partial charge >= 0.3 is 5.97 Å². The van der Waals surface area contributed by atoms with E-state index in [1.807, 2.05) is 50.2 Å². The first kappa shape index (κ1) is 22.9. The number of Topliss-reactive ketones (excluding diaryl/α,β-unsaturated/α-hetero) is 1. The van der Waals surface area contributed by atoms with Gasteiger partial charge in [-0.2, -0.15) is 0 Å². The lowest BCUT2D eigenvalue weighted by Crippen LogP contribution is -2.48. The molecule has 4 aliphatic carbocycles. The summed E-state index contributed by atoms with van der Waals surface area (Å²) in [4.78, 5) is 54.7. The molecular formula is C30H29NO5. The third kappa shape index (κ3) is 3.62. The second-order valence-electron chi connectivity index (χ2n) is 10.7. The topological polar surface area (TPSA) is 80.8 Å². The van der Waals surface area contributed by atoms with E-state index in [0.717, 1.165) is 23.1 Å². The van der Waals surface area contributed by atoms with Crippen LogP contribution in [0.15, 0.2) is 60.7 Å². The number of carbonyl (C=O) groups is 4. The van der Waals surface area contributed by atoms with Crippen LogP contribution in [0.4, 0.5) is 0 Å². The van der Waals surface area contributed by atoms with Gasteiger partial charge in [-0.05, 0) is 66.7 Å². The lowest BCUT2D eigenvalue weighted by atomic mass is 9.63. The third-order valence-corrected chi connectivity index (χ3v) is 8.73. The lowest BCUT2D eigenvalue weighted by Gasteiger charge is -2.37. The molecule has 1 aliphatic heterocycles. The first-order valence-electron chi connectivity index (χ1n) is 12.7. The van der Waals surface area contributed by atoms with Crippen LogP contribution in [0.2, 0.25) is 0 Å². The van der Waals surface area contributed by atoms with Crippen molar-refractivity contribution in [2.45, 2.75) is 32.7 Å². The molecule has 1 saturated heterocycles. The van der Waals surface area contributed by atoms with Gasteiger partial charge in [-0.3, -0.25) is 19.3 Å². The summed E-state index contributed by atoms with van der Waals surface area (Å²) in [5.74, 6) is -1.25. The summed E-state index contributed by atoms with van der Waals surface area (Å²) in [6.45, 7) is 3.45. The van der Waals surface area contributed by atoms with E-state index >= 15 is 0 Å². The van der Waals surface area contributed by atoms with Crippen molar-refractivity contribution in [2.75, 3.05) is 6.61 Å². The van der Waals surface area contributed by atoms with Crippen molar-refractivity contribution in [2.24, 2.45) is 35.5 Å². The molecule has 5 aliphatic rings.